The first kappa shape index (κ1) is 12.1. The van der Waals surface area contributed by atoms with Crippen LogP contribution < -0.4 is 5.32 Å². The fourth-order valence-corrected chi connectivity index (χ4v) is 1.43. The van der Waals surface area contributed by atoms with Gasteiger partial charge in [0.05, 0.1) is 10.7 Å². The molecule has 1 rings (SSSR count). The summed E-state index contributed by atoms with van der Waals surface area (Å²) in [5.41, 5.74) is 0.228. The Labute approximate surface area is 98.0 Å². The normalized spacial score (nSPS) is 10.5. The topological polar surface area (TPSA) is 49.3 Å². The third-order valence-corrected chi connectivity index (χ3v) is 2.32. The van der Waals surface area contributed by atoms with Crippen LogP contribution in [0.25, 0.3) is 0 Å². The largest absolute Gasteiger partial charge is 0.504 e. The van der Waals surface area contributed by atoms with Gasteiger partial charge in [-0.15, -0.1) is 0 Å². The zero-order valence-electron chi connectivity index (χ0n) is 8.34. The molecule has 1 aromatic carbocycles. The molecule has 0 saturated heterocycles. The van der Waals surface area contributed by atoms with Crippen molar-refractivity contribution >= 4 is 34.8 Å². The molecular weight excluding hydrogens is 237 g/mol. The van der Waals surface area contributed by atoms with E-state index in [0.29, 0.717) is 5.02 Å². The summed E-state index contributed by atoms with van der Waals surface area (Å²) in [7, 11) is 0. The van der Waals surface area contributed by atoms with E-state index >= 15 is 0 Å². The van der Waals surface area contributed by atoms with Crippen LogP contribution in [0.5, 0.6) is 5.75 Å². The molecule has 3 nitrogen and oxygen atoms in total. The zero-order valence-corrected chi connectivity index (χ0v) is 9.86. The molecule has 1 amide bonds. The first-order valence-electron chi connectivity index (χ1n) is 4.40. The highest BCUT2D eigenvalue weighted by atomic mass is 35.5. The number of anilines is 1. The number of halogens is 2. The van der Waals surface area contributed by atoms with Gasteiger partial charge in [-0.25, -0.2) is 0 Å². The van der Waals surface area contributed by atoms with Crippen LogP contribution in [0.2, 0.25) is 10.0 Å². The zero-order chi connectivity index (χ0) is 11.6. The first-order valence-corrected chi connectivity index (χ1v) is 5.16. The van der Waals surface area contributed by atoms with E-state index < -0.39 is 0 Å². The summed E-state index contributed by atoms with van der Waals surface area (Å²) in [6.45, 7) is 3.50. The third-order valence-electron chi connectivity index (χ3n) is 1.81. The lowest BCUT2D eigenvalue weighted by Gasteiger charge is -2.10. The number of nitrogens with one attached hydrogen (secondary N) is 1. The van der Waals surface area contributed by atoms with Crippen LogP contribution in [-0.4, -0.2) is 11.0 Å². The second-order valence-corrected chi connectivity index (χ2v) is 4.27. The van der Waals surface area contributed by atoms with Crippen molar-refractivity contribution in [3.05, 3.63) is 22.2 Å². The molecule has 0 aliphatic carbocycles. The Bertz CT molecular complexity index is 391. The summed E-state index contributed by atoms with van der Waals surface area (Å²) < 4.78 is 0. The van der Waals surface area contributed by atoms with Crippen molar-refractivity contribution in [1.29, 1.82) is 0 Å². The van der Waals surface area contributed by atoms with Gasteiger partial charge in [-0.05, 0) is 12.1 Å². The van der Waals surface area contributed by atoms with Crippen LogP contribution in [0.4, 0.5) is 5.69 Å². The second kappa shape index (κ2) is 4.73. The Kier molecular flexibility index (Phi) is 3.83. The quantitative estimate of drug-likeness (QED) is 0.789. The molecule has 0 aliphatic heterocycles. The Morgan fingerprint density at radius 2 is 2.00 bits per heavy atom. The standard InChI is InChI=1S/C10H11Cl2NO2/c1-5(2)10(15)13-8-4-6(11)3-7(12)9(8)14/h3-5,14H,1-2H3,(H,13,15). The minimum absolute atomic E-state index is 0.113. The van der Waals surface area contributed by atoms with E-state index in [1.54, 1.807) is 13.8 Å². The SMILES string of the molecule is CC(C)C(=O)Nc1cc(Cl)cc(Cl)c1O. The highest BCUT2D eigenvalue weighted by molar-refractivity contribution is 6.36. The Balaban J connectivity index is 2.99. The molecule has 0 aromatic heterocycles. The van der Waals surface area contributed by atoms with E-state index in [9.17, 15) is 9.90 Å². The van der Waals surface area contributed by atoms with Gasteiger partial charge in [0.15, 0.2) is 5.75 Å². The van der Waals surface area contributed by atoms with E-state index in [2.05, 4.69) is 5.32 Å². The van der Waals surface area contributed by atoms with Crippen LogP contribution in [0, 0.1) is 5.92 Å². The minimum atomic E-state index is -0.205. The molecule has 0 aliphatic rings. The van der Waals surface area contributed by atoms with E-state index in [-0.39, 0.29) is 28.3 Å². The average molecular weight is 248 g/mol. The molecule has 1 aromatic rings. The first-order chi connectivity index (χ1) is 6.91. The van der Waals surface area contributed by atoms with Crippen molar-refractivity contribution in [2.24, 2.45) is 5.92 Å². The molecule has 0 unspecified atom stereocenters. The second-order valence-electron chi connectivity index (χ2n) is 3.43. The molecular formula is C10H11Cl2NO2. The molecule has 2 N–H and O–H groups in total. The van der Waals surface area contributed by atoms with Crippen molar-refractivity contribution < 1.29 is 9.90 Å². The molecule has 15 heavy (non-hydrogen) atoms. The van der Waals surface area contributed by atoms with Gasteiger partial charge in [-0.1, -0.05) is 37.0 Å². The summed E-state index contributed by atoms with van der Waals surface area (Å²) in [5, 5.41) is 12.6. The lowest BCUT2D eigenvalue weighted by molar-refractivity contribution is -0.118. The van der Waals surface area contributed by atoms with Crippen LogP contribution >= 0.6 is 23.2 Å². The molecule has 5 heteroatoms. The van der Waals surface area contributed by atoms with E-state index in [0.717, 1.165) is 0 Å². The number of aromatic hydroxyl groups is 1. The predicted molar refractivity (Wildman–Crippen MR) is 61.6 cm³/mol. The van der Waals surface area contributed by atoms with Gasteiger partial charge in [0.1, 0.15) is 0 Å². The highest BCUT2D eigenvalue weighted by Gasteiger charge is 2.12. The lowest BCUT2D eigenvalue weighted by Crippen LogP contribution is -2.17. The van der Waals surface area contributed by atoms with Gasteiger partial charge in [0, 0.05) is 10.9 Å². The molecule has 0 atom stereocenters. The predicted octanol–water partition coefficient (Wildman–Crippen LogP) is 3.29. The highest BCUT2D eigenvalue weighted by Crippen LogP contribution is 2.35. The average Bonchev–Trinajstić information content (AvgIpc) is 2.13. The smallest absolute Gasteiger partial charge is 0.227 e. The van der Waals surface area contributed by atoms with Crippen molar-refractivity contribution in [2.45, 2.75) is 13.8 Å². The van der Waals surface area contributed by atoms with Gasteiger partial charge in [0.25, 0.3) is 0 Å². The van der Waals surface area contributed by atoms with Gasteiger partial charge in [-0.3, -0.25) is 4.79 Å². The number of rotatable bonds is 2. The number of phenolic OH excluding ortho intramolecular Hbond substituents is 1. The van der Waals surface area contributed by atoms with E-state index in [4.69, 9.17) is 23.2 Å². The number of amides is 1. The molecule has 0 bridgehead atoms. The lowest BCUT2D eigenvalue weighted by atomic mass is 10.2. The van der Waals surface area contributed by atoms with Gasteiger partial charge in [0.2, 0.25) is 5.91 Å². The maximum absolute atomic E-state index is 11.4. The van der Waals surface area contributed by atoms with Gasteiger partial charge in [-0.2, -0.15) is 0 Å². The van der Waals surface area contributed by atoms with Gasteiger partial charge >= 0.3 is 0 Å². The Morgan fingerprint density at radius 1 is 1.40 bits per heavy atom. The van der Waals surface area contributed by atoms with Crippen molar-refractivity contribution in [3.8, 4) is 5.75 Å². The minimum Gasteiger partial charge on any atom is -0.504 e. The maximum Gasteiger partial charge on any atom is 0.227 e. The van der Waals surface area contributed by atoms with E-state index in [1.165, 1.54) is 12.1 Å². The fourth-order valence-electron chi connectivity index (χ4n) is 0.938. The third kappa shape index (κ3) is 3.01. The van der Waals surface area contributed by atoms with Crippen molar-refractivity contribution in [1.82, 2.24) is 0 Å². The van der Waals surface area contributed by atoms with Gasteiger partial charge < -0.3 is 10.4 Å². The summed E-state index contributed by atoms with van der Waals surface area (Å²) in [5.74, 6) is -0.555. The monoisotopic (exact) mass is 247 g/mol. The van der Waals surface area contributed by atoms with Crippen molar-refractivity contribution in [3.63, 3.8) is 0 Å². The molecule has 0 heterocycles. The number of benzene rings is 1. The van der Waals surface area contributed by atoms with Crippen LogP contribution in [0.1, 0.15) is 13.8 Å². The molecule has 0 spiro atoms. The number of hydrogen-bond donors (Lipinski definition) is 2. The maximum atomic E-state index is 11.4. The molecule has 0 saturated carbocycles. The summed E-state index contributed by atoms with van der Waals surface area (Å²) >= 11 is 11.4. The molecule has 82 valence electrons. The van der Waals surface area contributed by atoms with Crippen LogP contribution in [0.15, 0.2) is 12.1 Å². The number of carbonyl (C=O) groups is 1. The van der Waals surface area contributed by atoms with Crippen LogP contribution in [-0.2, 0) is 4.79 Å². The van der Waals surface area contributed by atoms with E-state index in [1.807, 2.05) is 0 Å². The molecule has 0 radical (unpaired) electrons. The number of hydrogen-bond acceptors (Lipinski definition) is 2. The van der Waals surface area contributed by atoms with Crippen molar-refractivity contribution in [2.75, 3.05) is 5.32 Å². The number of phenols is 1. The fraction of sp³-hybridized carbons (Fsp3) is 0.300. The Morgan fingerprint density at radius 3 is 2.53 bits per heavy atom. The summed E-state index contributed by atoms with van der Waals surface area (Å²) in [4.78, 5) is 11.4. The number of carbonyl (C=O) groups excluding carboxylic acids is 1. The summed E-state index contributed by atoms with van der Waals surface area (Å²) in [6, 6.07) is 2.85. The Hall–Kier alpha value is -0.930. The summed E-state index contributed by atoms with van der Waals surface area (Å²) in [6.07, 6.45) is 0. The molecule has 0 fully saturated rings. The van der Waals surface area contributed by atoms with Crippen LogP contribution in [0.3, 0.4) is 0 Å².